The Kier molecular flexibility index (Phi) is 4.11. The lowest BCUT2D eigenvalue weighted by Gasteiger charge is -2.07. The lowest BCUT2D eigenvalue weighted by atomic mass is 10.4. The van der Waals surface area contributed by atoms with Crippen LogP contribution in [0.15, 0.2) is 0 Å². The first-order chi connectivity index (χ1) is 5.43. The van der Waals surface area contributed by atoms with E-state index in [-0.39, 0.29) is 12.9 Å². The van der Waals surface area contributed by atoms with Gasteiger partial charge in [-0.1, -0.05) is 0 Å². The number of ether oxygens (including phenoxy) is 3. The van der Waals surface area contributed by atoms with Gasteiger partial charge in [-0.15, -0.1) is 0 Å². The van der Waals surface area contributed by atoms with E-state index in [1.807, 2.05) is 0 Å². The van der Waals surface area contributed by atoms with Crippen LogP contribution in [0.3, 0.4) is 0 Å². The van der Waals surface area contributed by atoms with Crippen molar-refractivity contribution in [2.75, 3.05) is 26.4 Å². The van der Waals surface area contributed by atoms with E-state index in [0.29, 0.717) is 26.2 Å². The maximum Gasteiger partial charge on any atom is 0.160 e. The van der Waals surface area contributed by atoms with Crippen molar-refractivity contribution in [2.24, 2.45) is 0 Å². The van der Waals surface area contributed by atoms with Crippen LogP contribution in [0.4, 0.5) is 0 Å². The molecule has 0 atom stereocenters. The highest BCUT2D eigenvalue weighted by atomic mass is 16.7. The van der Waals surface area contributed by atoms with Gasteiger partial charge in [0.15, 0.2) is 6.29 Å². The van der Waals surface area contributed by atoms with Gasteiger partial charge in [0.25, 0.3) is 0 Å². The van der Waals surface area contributed by atoms with Crippen LogP contribution in [0.25, 0.3) is 0 Å². The van der Waals surface area contributed by atoms with Crippen LogP contribution in [0, 0.1) is 0 Å². The fraction of sp³-hybridized carbons (Fsp3) is 0.857. The summed E-state index contributed by atoms with van der Waals surface area (Å²) in [6.07, 6.45) is 1.31. The number of hydrogen-bond donors (Lipinski definition) is 0. The van der Waals surface area contributed by atoms with Gasteiger partial charge < -0.3 is 19.0 Å². The van der Waals surface area contributed by atoms with Crippen molar-refractivity contribution in [1.29, 1.82) is 0 Å². The molecule has 0 amide bonds. The van der Waals surface area contributed by atoms with Crippen molar-refractivity contribution in [3.05, 3.63) is 0 Å². The zero-order valence-electron chi connectivity index (χ0n) is 6.32. The predicted molar refractivity (Wildman–Crippen MR) is 37.2 cm³/mol. The van der Waals surface area contributed by atoms with Gasteiger partial charge >= 0.3 is 0 Å². The molecule has 0 N–H and O–H groups in total. The summed E-state index contributed by atoms with van der Waals surface area (Å²) in [6, 6.07) is 0. The number of aldehydes is 1. The molecule has 4 heteroatoms. The van der Waals surface area contributed by atoms with Gasteiger partial charge in [-0.05, 0) is 0 Å². The summed E-state index contributed by atoms with van der Waals surface area (Å²) in [5.41, 5.74) is 0. The van der Waals surface area contributed by atoms with Crippen molar-refractivity contribution >= 4 is 6.29 Å². The standard InChI is InChI=1S/C7H12O4/c8-2-4-9-3-1-7-10-5-6-11-7/h2,7H,1,3-6H2. The Balaban J connectivity index is 1.89. The van der Waals surface area contributed by atoms with E-state index in [9.17, 15) is 4.79 Å². The summed E-state index contributed by atoms with van der Waals surface area (Å²) in [5.74, 6) is 0. The molecule has 1 fully saturated rings. The number of hydrogen-bond acceptors (Lipinski definition) is 4. The van der Waals surface area contributed by atoms with Crippen LogP contribution in [-0.2, 0) is 19.0 Å². The van der Waals surface area contributed by atoms with Gasteiger partial charge in [-0.3, -0.25) is 0 Å². The highest BCUT2D eigenvalue weighted by molar-refractivity contribution is 5.50. The third-order valence-corrected chi connectivity index (χ3v) is 1.37. The molecule has 4 nitrogen and oxygen atoms in total. The molecule has 0 aromatic carbocycles. The molecule has 0 bridgehead atoms. The molecule has 0 saturated carbocycles. The van der Waals surface area contributed by atoms with E-state index >= 15 is 0 Å². The minimum Gasteiger partial charge on any atom is -0.374 e. The second-order valence-electron chi connectivity index (χ2n) is 2.20. The van der Waals surface area contributed by atoms with Crippen LogP contribution in [0.5, 0.6) is 0 Å². The molecule has 1 aliphatic heterocycles. The molecule has 11 heavy (non-hydrogen) atoms. The van der Waals surface area contributed by atoms with Crippen molar-refractivity contribution in [1.82, 2.24) is 0 Å². The first kappa shape index (κ1) is 8.64. The van der Waals surface area contributed by atoms with Crippen LogP contribution >= 0.6 is 0 Å². The average Bonchev–Trinajstić information content (AvgIpc) is 2.50. The molecule has 1 aliphatic rings. The molecule has 0 spiro atoms. The smallest absolute Gasteiger partial charge is 0.160 e. The van der Waals surface area contributed by atoms with Gasteiger partial charge in [0.1, 0.15) is 12.9 Å². The van der Waals surface area contributed by atoms with Crippen LogP contribution in [0.1, 0.15) is 6.42 Å². The topological polar surface area (TPSA) is 44.8 Å². The van der Waals surface area contributed by atoms with Gasteiger partial charge in [0, 0.05) is 6.42 Å². The fourth-order valence-corrected chi connectivity index (χ4v) is 0.885. The van der Waals surface area contributed by atoms with Crippen molar-refractivity contribution in [3.63, 3.8) is 0 Å². The van der Waals surface area contributed by atoms with E-state index in [2.05, 4.69) is 0 Å². The zero-order valence-corrected chi connectivity index (χ0v) is 6.32. The van der Waals surface area contributed by atoms with Crippen LogP contribution < -0.4 is 0 Å². The van der Waals surface area contributed by atoms with Gasteiger partial charge in [0.05, 0.1) is 19.8 Å². The normalized spacial score (nSPS) is 18.9. The Morgan fingerprint density at radius 2 is 2.18 bits per heavy atom. The summed E-state index contributed by atoms with van der Waals surface area (Å²) < 4.78 is 15.2. The Labute approximate surface area is 65.4 Å². The lowest BCUT2D eigenvalue weighted by Crippen LogP contribution is -2.11. The predicted octanol–water partition coefficient (Wildman–Crippen LogP) is -0.0351. The summed E-state index contributed by atoms with van der Waals surface area (Å²) in [4.78, 5) is 9.81. The van der Waals surface area contributed by atoms with Gasteiger partial charge in [-0.25, -0.2) is 0 Å². The van der Waals surface area contributed by atoms with E-state index in [1.54, 1.807) is 0 Å². The molecule has 1 rings (SSSR count). The minimum absolute atomic E-state index is 0.123. The van der Waals surface area contributed by atoms with Crippen molar-refractivity contribution in [2.45, 2.75) is 12.7 Å². The largest absolute Gasteiger partial charge is 0.374 e. The maximum atomic E-state index is 9.81. The quantitative estimate of drug-likeness (QED) is 0.418. The Bertz CT molecular complexity index is 109. The molecular weight excluding hydrogens is 148 g/mol. The minimum atomic E-state index is -0.123. The molecule has 1 heterocycles. The molecule has 1 saturated heterocycles. The maximum absolute atomic E-state index is 9.81. The Morgan fingerprint density at radius 1 is 1.45 bits per heavy atom. The number of carbonyl (C=O) groups excluding carboxylic acids is 1. The first-order valence-corrected chi connectivity index (χ1v) is 3.68. The first-order valence-electron chi connectivity index (χ1n) is 3.68. The second-order valence-corrected chi connectivity index (χ2v) is 2.20. The van der Waals surface area contributed by atoms with Crippen molar-refractivity contribution < 1.29 is 19.0 Å². The van der Waals surface area contributed by atoms with Gasteiger partial charge in [0.2, 0.25) is 0 Å². The highest BCUT2D eigenvalue weighted by Gasteiger charge is 2.14. The monoisotopic (exact) mass is 160 g/mol. The Hall–Kier alpha value is -0.450. The zero-order chi connectivity index (χ0) is 7.94. The van der Waals surface area contributed by atoms with Gasteiger partial charge in [-0.2, -0.15) is 0 Å². The summed E-state index contributed by atoms with van der Waals surface area (Å²) in [6.45, 7) is 2.01. The third kappa shape index (κ3) is 3.46. The van der Waals surface area contributed by atoms with Crippen LogP contribution in [-0.4, -0.2) is 39.0 Å². The fourth-order valence-electron chi connectivity index (χ4n) is 0.885. The van der Waals surface area contributed by atoms with Crippen molar-refractivity contribution in [3.8, 4) is 0 Å². The molecular formula is C7H12O4. The molecule has 0 radical (unpaired) electrons. The molecule has 0 aromatic heterocycles. The molecule has 0 unspecified atom stereocenters. The second kappa shape index (κ2) is 5.23. The summed E-state index contributed by atoms with van der Waals surface area (Å²) in [5, 5.41) is 0. The number of rotatable bonds is 5. The lowest BCUT2D eigenvalue weighted by molar-refractivity contribution is -0.113. The van der Waals surface area contributed by atoms with Crippen LogP contribution in [0.2, 0.25) is 0 Å². The molecule has 0 aliphatic carbocycles. The highest BCUT2D eigenvalue weighted by Crippen LogP contribution is 2.06. The number of carbonyl (C=O) groups is 1. The van der Waals surface area contributed by atoms with E-state index < -0.39 is 0 Å². The summed E-state index contributed by atoms with van der Waals surface area (Å²) >= 11 is 0. The van der Waals surface area contributed by atoms with E-state index in [4.69, 9.17) is 14.2 Å². The molecule has 64 valence electrons. The molecule has 0 aromatic rings. The SMILES string of the molecule is O=CCOCCC1OCCO1. The summed E-state index contributed by atoms with van der Waals surface area (Å²) in [7, 11) is 0. The van der Waals surface area contributed by atoms with E-state index in [1.165, 1.54) is 0 Å². The van der Waals surface area contributed by atoms with E-state index in [0.717, 1.165) is 6.29 Å². The Morgan fingerprint density at radius 3 is 2.82 bits per heavy atom. The third-order valence-electron chi connectivity index (χ3n) is 1.37. The average molecular weight is 160 g/mol.